The van der Waals surface area contributed by atoms with Gasteiger partial charge in [-0.25, -0.2) is 9.36 Å². The van der Waals surface area contributed by atoms with Crippen LogP contribution in [0.1, 0.15) is 37.3 Å². The van der Waals surface area contributed by atoms with E-state index >= 15 is 0 Å². The van der Waals surface area contributed by atoms with E-state index in [1.54, 1.807) is 18.2 Å². The van der Waals surface area contributed by atoms with Crippen LogP contribution in [-0.2, 0) is 6.18 Å². The van der Waals surface area contributed by atoms with Gasteiger partial charge in [-0.15, -0.1) is 0 Å². The van der Waals surface area contributed by atoms with Crippen molar-refractivity contribution in [2.45, 2.75) is 37.9 Å². The lowest BCUT2D eigenvalue weighted by Gasteiger charge is -2.21. The van der Waals surface area contributed by atoms with Crippen LogP contribution >= 0.6 is 0 Å². The van der Waals surface area contributed by atoms with Crippen molar-refractivity contribution in [3.63, 3.8) is 0 Å². The predicted molar refractivity (Wildman–Crippen MR) is 118 cm³/mol. The molecule has 0 unspecified atom stereocenters. The van der Waals surface area contributed by atoms with E-state index in [-0.39, 0.29) is 11.4 Å². The number of rotatable bonds is 3. The summed E-state index contributed by atoms with van der Waals surface area (Å²) in [5.74, 6) is 0.478. The Bertz CT molecular complexity index is 1500. The summed E-state index contributed by atoms with van der Waals surface area (Å²) in [6.45, 7) is 0. The van der Waals surface area contributed by atoms with Crippen molar-refractivity contribution < 1.29 is 17.9 Å². The molecule has 0 N–H and O–H groups in total. The number of para-hydroxylation sites is 2. The second-order valence-electron chi connectivity index (χ2n) is 8.12. The van der Waals surface area contributed by atoms with Gasteiger partial charge in [0.05, 0.1) is 29.3 Å². The summed E-state index contributed by atoms with van der Waals surface area (Å²) >= 11 is 0. The van der Waals surface area contributed by atoms with Gasteiger partial charge in [0.2, 0.25) is 0 Å². The highest BCUT2D eigenvalue weighted by Crippen LogP contribution is 2.36. The van der Waals surface area contributed by atoms with E-state index < -0.39 is 28.7 Å². The Labute approximate surface area is 185 Å². The zero-order valence-corrected chi connectivity index (χ0v) is 17.7. The Morgan fingerprint density at radius 1 is 1.00 bits per heavy atom. The molecule has 1 aliphatic rings. The first-order chi connectivity index (χ1) is 15.8. The summed E-state index contributed by atoms with van der Waals surface area (Å²) in [5.41, 5.74) is -2.30. The Hall–Kier alpha value is -3.62. The number of alkyl halides is 3. The fourth-order valence-electron chi connectivity index (χ4n) is 4.80. The van der Waals surface area contributed by atoms with Crippen molar-refractivity contribution in [2.75, 3.05) is 7.11 Å². The molecule has 33 heavy (non-hydrogen) atoms. The smallest absolute Gasteiger partial charge is 0.418 e. The zero-order valence-electron chi connectivity index (χ0n) is 17.7. The van der Waals surface area contributed by atoms with Gasteiger partial charge in [0.25, 0.3) is 5.56 Å². The first kappa shape index (κ1) is 21.2. The number of aromatic nitrogens is 3. The lowest BCUT2D eigenvalue weighted by molar-refractivity contribution is -0.137. The van der Waals surface area contributed by atoms with Gasteiger partial charge in [-0.05, 0) is 31.0 Å². The molecule has 2 aromatic carbocycles. The van der Waals surface area contributed by atoms with Crippen LogP contribution in [0, 0.1) is 0 Å². The molecule has 0 bridgehead atoms. The van der Waals surface area contributed by atoms with E-state index in [2.05, 4.69) is 4.98 Å². The largest absolute Gasteiger partial charge is 0.494 e. The van der Waals surface area contributed by atoms with Crippen molar-refractivity contribution in [3.05, 3.63) is 75.1 Å². The van der Waals surface area contributed by atoms with E-state index in [0.717, 1.165) is 25.0 Å². The van der Waals surface area contributed by atoms with Gasteiger partial charge in [0.1, 0.15) is 11.3 Å². The first-order valence-electron chi connectivity index (χ1n) is 10.6. The second kappa shape index (κ2) is 7.75. The summed E-state index contributed by atoms with van der Waals surface area (Å²) in [6.07, 6.45) is -0.235. The number of ether oxygens (including phenoxy) is 1. The molecule has 2 heterocycles. The van der Waals surface area contributed by atoms with Crippen LogP contribution in [0.5, 0.6) is 5.75 Å². The molecule has 9 heteroatoms. The van der Waals surface area contributed by atoms with Crippen LogP contribution in [0.4, 0.5) is 13.2 Å². The van der Waals surface area contributed by atoms with Gasteiger partial charge in [-0.3, -0.25) is 14.3 Å². The highest BCUT2D eigenvalue weighted by atomic mass is 19.4. The third-order valence-corrected chi connectivity index (χ3v) is 6.26. The number of hydrogen-bond donors (Lipinski definition) is 0. The highest BCUT2D eigenvalue weighted by molar-refractivity contribution is 6.05. The van der Waals surface area contributed by atoms with Gasteiger partial charge < -0.3 is 4.74 Å². The number of pyridine rings is 1. The van der Waals surface area contributed by atoms with E-state index in [0.29, 0.717) is 39.6 Å². The standard InChI is InChI=1S/C24H20F3N3O3/c1-33-19-12-6-9-15-20(19)28-13-16-21(15)29(14-7-2-3-8-14)23(32)30(22(16)31)18-11-5-4-10-17(18)24(25,26)27/h4-6,9-14H,2-3,7-8H2,1H3. The molecule has 0 radical (unpaired) electrons. The summed E-state index contributed by atoms with van der Waals surface area (Å²) in [7, 11) is 1.50. The van der Waals surface area contributed by atoms with Crippen LogP contribution in [0.2, 0.25) is 0 Å². The van der Waals surface area contributed by atoms with Gasteiger partial charge in [-0.2, -0.15) is 13.2 Å². The fourth-order valence-corrected chi connectivity index (χ4v) is 4.80. The lowest BCUT2D eigenvalue weighted by Crippen LogP contribution is -2.41. The first-order valence-corrected chi connectivity index (χ1v) is 10.6. The van der Waals surface area contributed by atoms with E-state index in [1.807, 2.05) is 0 Å². The molecule has 4 aromatic rings. The fraction of sp³-hybridized carbons (Fsp3) is 0.292. The minimum Gasteiger partial charge on any atom is -0.494 e. The molecule has 1 fully saturated rings. The van der Waals surface area contributed by atoms with Crippen LogP contribution < -0.4 is 16.0 Å². The maximum Gasteiger partial charge on any atom is 0.418 e. The third-order valence-electron chi connectivity index (χ3n) is 6.26. The van der Waals surface area contributed by atoms with Crippen molar-refractivity contribution in [2.24, 2.45) is 0 Å². The molecule has 0 atom stereocenters. The van der Waals surface area contributed by atoms with Crippen LogP contribution in [0.25, 0.3) is 27.5 Å². The van der Waals surface area contributed by atoms with Gasteiger partial charge in [0, 0.05) is 17.6 Å². The second-order valence-corrected chi connectivity index (χ2v) is 8.12. The summed E-state index contributed by atoms with van der Waals surface area (Å²) in [5, 5.41) is 0.628. The number of nitrogens with zero attached hydrogens (tertiary/aromatic N) is 3. The molecule has 5 rings (SSSR count). The van der Waals surface area contributed by atoms with Gasteiger partial charge in [0.15, 0.2) is 0 Å². The van der Waals surface area contributed by atoms with E-state index in [1.165, 1.54) is 30.0 Å². The summed E-state index contributed by atoms with van der Waals surface area (Å²) in [6, 6.07) is 9.59. The molecule has 0 aliphatic heterocycles. The topological polar surface area (TPSA) is 66.1 Å². The minimum atomic E-state index is -4.73. The van der Waals surface area contributed by atoms with E-state index in [4.69, 9.17) is 4.74 Å². The van der Waals surface area contributed by atoms with Crippen LogP contribution in [-0.4, -0.2) is 21.2 Å². The monoisotopic (exact) mass is 455 g/mol. The Morgan fingerprint density at radius 2 is 1.73 bits per heavy atom. The molecule has 2 aromatic heterocycles. The quantitative estimate of drug-likeness (QED) is 0.415. The minimum absolute atomic E-state index is 0.0826. The molecule has 1 aliphatic carbocycles. The van der Waals surface area contributed by atoms with Gasteiger partial charge >= 0.3 is 11.9 Å². The highest BCUT2D eigenvalue weighted by Gasteiger charge is 2.35. The number of fused-ring (bicyclic) bond motifs is 3. The van der Waals surface area contributed by atoms with Crippen LogP contribution in [0.15, 0.2) is 58.3 Å². The average molecular weight is 455 g/mol. The predicted octanol–water partition coefficient (Wildman–Crippen LogP) is 4.84. The Balaban J connectivity index is 1.97. The maximum absolute atomic E-state index is 13.8. The zero-order chi connectivity index (χ0) is 23.3. The van der Waals surface area contributed by atoms with Crippen molar-refractivity contribution in [1.29, 1.82) is 0 Å². The Kier molecular flexibility index (Phi) is 4.99. The van der Waals surface area contributed by atoms with E-state index in [9.17, 15) is 22.8 Å². The van der Waals surface area contributed by atoms with Crippen molar-refractivity contribution in [3.8, 4) is 11.4 Å². The van der Waals surface area contributed by atoms with Gasteiger partial charge in [-0.1, -0.05) is 37.1 Å². The van der Waals surface area contributed by atoms with Crippen LogP contribution in [0.3, 0.4) is 0 Å². The number of benzene rings is 2. The number of methoxy groups -OCH3 is 1. The lowest BCUT2D eigenvalue weighted by atomic mass is 10.1. The van der Waals surface area contributed by atoms with Crippen molar-refractivity contribution in [1.82, 2.24) is 14.1 Å². The molecule has 0 saturated heterocycles. The molecule has 0 amide bonds. The molecule has 170 valence electrons. The molecule has 1 saturated carbocycles. The van der Waals surface area contributed by atoms with Crippen molar-refractivity contribution >= 4 is 21.8 Å². The Morgan fingerprint density at radius 3 is 2.42 bits per heavy atom. The average Bonchev–Trinajstić information content (AvgIpc) is 3.32. The SMILES string of the molecule is COc1cccc2c1ncc1c(=O)n(-c3ccccc3C(F)(F)F)c(=O)n(C3CCCC3)c12. The molecular formula is C24H20F3N3O3. The molecular weight excluding hydrogens is 435 g/mol. The number of halogens is 3. The normalized spacial score (nSPS) is 14.9. The molecule has 0 spiro atoms. The maximum atomic E-state index is 13.8. The summed E-state index contributed by atoms with van der Waals surface area (Å²) < 4.78 is 48.8. The molecule has 6 nitrogen and oxygen atoms in total. The third kappa shape index (κ3) is 3.30. The summed E-state index contributed by atoms with van der Waals surface area (Å²) in [4.78, 5) is 31.6. The number of hydrogen-bond acceptors (Lipinski definition) is 4.